The van der Waals surface area contributed by atoms with Gasteiger partial charge in [0.25, 0.3) is 0 Å². The molecule has 3 N–H and O–H groups in total. The van der Waals surface area contributed by atoms with Crippen molar-refractivity contribution in [2.24, 2.45) is 4.99 Å². The first-order valence-electron chi connectivity index (χ1n) is 8.09. The largest absolute Gasteiger partial charge is 0.467 e. The number of aliphatic imine (C=N–C) groups is 1. The van der Waals surface area contributed by atoms with Crippen molar-refractivity contribution in [3.8, 4) is 0 Å². The zero-order valence-corrected chi connectivity index (χ0v) is 17.9. The first-order valence-corrected chi connectivity index (χ1v) is 9.74. The molecule has 1 heterocycles. The molecule has 25 heavy (non-hydrogen) atoms. The van der Waals surface area contributed by atoms with E-state index in [4.69, 9.17) is 9.15 Å². The maximum Gasteiger partial charge on any atom is 0.211 e. The van der Waals surface area contributed by atoms with E-state index >= 15 is 0 Å². The molecule has 0 aromatic carbocycles. The van der Waals surface area contributed by atoms with Crippen molar-refractivity contribution in [1.82, 2.24) is 15.4 Å². The molecule has 0 saturated carbocycles. The van der Waals surface area contributed by atoms with Crippen LogP contribution in [0.1, 0.15) is 25.5 Å². The van der Waals surface area contributed by atoms with Gasteiger partial charge in [-0.1, -0.05) is 0 Å². The summed E-state index contributed by atoms with van der Waals surface area (Å²) in [5.41, 5.74) is 0. The van der Waals surface area contributed by atoms with E-state index in [1.807, 2.05) is 12.1 Å². The van der Waals surface area contributed by atoms with Crippen molar-refractivity contribution in [2.45, 2.75) is 26.4 Å². The number of halogens is 1. The molecule has 0 radical (unpaired) electrons. The Labute approximate surface area is 167 Å². The van der Waals surface area contributed by atoms with Gasteiger partial charge in [0.15, 0.2) is 5.96 Å². The number of hydrogen-bond donors (Lipinski definition) is 3. The third-order valence-corrected chi connectivity index (χ3v) is 4.56. The van der Waals surface area contributed by atoms with Crippen molar-refractivity contribution in [3.63, 3.8) is 0 Å². The molecule has 0 unspecified atom stereocenters. The number of ether oxygens (including phenoxy) is 1. The molecule has 1 rings (SSSR count). The van der Waals surface area contributed by atoms with Gasteiger partial charge in [0, 0.05) is 33.3 Å². The van der Waals surface area contributed by atoms with Crippen LogP contribution < -0.4 is 15.4 Å². The molecule has 1 aromatic heterocycles. The van der Waals surface area contributed by atoms with Crippen molar-refractivity contribution in [3.05, 3.63) is 24.2 Å². The normalized spacial score (nSPS) is 11.8. The summed E-state index contributed by atoms with van der Waals surface area (Å²) in [7, 11) is -1.41. The summed E-state index contributed by atoms with van der Waals surface area (Å²) >= 11 is 0. The Morgan fingerprint density at radius 2 is 1.96 bits per heavy atom. The number of guanidine groups is 1. The first kappa shape index (κ1) is 24.1. The van der Waals surface area contributed by atoms with Gasteiger partial charge in [-0.05, 0) is 31.9 Å². The van der Waals surface area contributed by atoms with Crippen LogP contribution in [0, 0.1) is 0 Å². The second kappa shape index (κ2) is 14.3. The van der Waals surface area contributed by atoms with E-state index < -0.39 is 10.0 Å². The van der Waals surface area contributed by atoms with Crippen LogP contribution in [0.2, 0.25) is 0 Å². The summed E-state index contributed by atoms with van der Waals surface area (Å²) in [4.78, 5) is 4.11. The van der Waals surface area contributed by atoms with E-state index in [-0.39, 0.29) is 29.7 Å². The lowest BCUT2D eigenvalue weighted by molar-refractivity contribution is 0.105. The monoisotopic (exact) mass is 488 g/mol. The van der Waals surface area contributed by atoms with Crippen LogP contribution in [0.15, 0.2) is 27.8 Å². The van der Waals surface area contributed by atoms with E-state index in [1.54, 1.807) is 20.2 Å². The fraction of sp³-hybridized carbons (Fsp3) is 0.667. The Balaban J connectivity index is 0.00000576. The van der Waals surface area contributed by atoms with Crippen molar-refractivity contribution in [2.75, 3.05) is 39.0 Å². The second-order valence-corrected chi connectivity index (χ2v) is 7.16. The quantitative estimate of drug-likeness (QED) is 0.177. The Bertz CT molecular complexity index is 564. The predicted molar refractivity (Wildman–Crippen MR) is 110 cm³/mol. The van der Waals surface area contributed by atoms with Crippen molar-refractivity contribution in [1.29, 1.82) is 0 Å². The molecule has 0 aliphatic carbocycles. The molecule has 1 aromatic rings. The van der Waals surface area contributed by atoms with Gasteiger partial charge in [-0.2, -0.15) is 0 Å². The van der Waals surface area contributed by atoms with Crippen LogP contribution in [0.25, 0.3) is 0 Å². The zero-order valence-electron chi connectivity index (χ0n) is 14.8. The van der Waals surface area contributed by atoms with Crippen LogP contribution in [0.4, 0.5) is 0 Å². The molecule has 0 aliphatic heterocycles. The topological polar surface area (TPSA) is 105 Å². The van der Waals surface area contributed by atoms with Gasteiger partial charge < -0.3 is 19.8 Å². The third-order valence-electron chi connectivity index (χ3n) is 3.15. The minimum atomic E-state index is -3.11. The third kappa shape index (κ3) is 12.2. The van der Waals surface area contributed by atoms with Gasteiger partial charge in [-0.15, -0.1) is 24.0 Å². The minimum Gasteiger partial charge on any atom is -0.467 e. The Kier molecular flexibility index (Phi) is 13.8. The van der Waals surface area contributed by atoms with Crippen molar-refractivity contribution < 1.29 is 17.6 Å². The van der Waals surface area contributed by atoms with Gasteiger partial charge in [-0.25, -0.2) is 13.1 Å². The molecule has 146 valence electrons. The molecule has 10 heteroatoms. The molecule has 8 nitrogen and oxygen atoms in total. The van der Waals surface area contributed by atoms with E-state index in [9.17, 15) is 8.42 Å². The molecule has 0 bridgehead atoms. The second-order valence-electron chi connectivity index (χ2n) is 5.06. The highest BCUT2D eigenvalue weighted by molar-refractivity contribution is 14.0. The maximum absolute atomic E-state index is 11.3. The fourth-order valence-corrected chi connectivity index (χ4v) is 2.45. The lowest BCUT2D eigenvalue weighted by Crippen LogP contribution is -2.39. The highest BCUT2D eigenvalue weighted by atomic mass is 127. The summed E-state index contributed by atoms with van der Waals surface area (Å²) in [6, 6.07) is 3.72. The summed E-state index contributed by atoms with van der Waals surface area (Å²) in [5, 5.41) is 6.31. The van der Waals surface area contributed by atoms with Crippen LogP contribution >= 0.6 is 24.0 Å². The van der Waals surface area contributed by atoms with Gasteiger partial charge >= 0.3 is 0 Å². The predicted octanol–water partition coefficient (Wildman–Crippen LogP) is 1.30. The zero-order chi connectivity index (χ0) is 17.7. The number of nitrogens with zero attached hydrogens (tertiary/aromatic N) is 1. The van der Waals surface area contributed by atoms with Gasteiger partial charge in [0.1, 0.15) is 12.4 Å². The molecule has 0 fully saturated rings. The van der Waals surface area contributed by atoms with Gasteiger partial charge in [0.05, 0.1) is 12.0 Å². The number of sulfonamides is 1. The molecule has 0 saturated heterocycles. The number of furan rings is 1. The van der Waals surface area contributed by atoms with E-state index in [2.05, 4.69) is 20.3 Å². The SMILES string of the molecule is CCS(=O)(=O)NCCCNC(=NC)NCCCOCc1ccco1.I. The minimum absolute atomic E-state index is 0. The smallest absolute Gasteiger partial charge is 0.211 e. The molecule has 0 aliphatic rings. The Hall–Kier alpha value is -0.850. The molecule has 0 amide bonds. The standard InChI is InChI=1S/C15H28N4O4S.HI/c1-3-24(20,21)19-10-5-8-17-15(16-2)18-9-6-11-22-13-14-7-4-12-23-14;/h4,7,12,19H,3,5-6,8-11,13H2,1-2H3,(H2,16,17,18);1H. The number of rotatable bonds is 12. The number of nitrogens with one attached hydrogen (secondary N) is 3. The van der Waals surface area contributed by atoms with Crippen LogP contribution in [-0.2, 0) is 21.4 Å². The summed E-state index contributed by atoms with van der Waals surface area (Å²) in [5.74, 6) is 1.62. The Morgan fingerprint density at radius 3 is 2.56 bits per heavy atom. The lowest BCUT2D eigenvalue weighted by Gasteiger charge is -2.12. The highest BCUT2D eigenvalue weighted by Gasteiger charge is 2.04. The molecular weight excluding hydrogens is 459 g/mol. The van der Waals surface area contributed by atoms with Gasteiger partial charge in [-0.3, -0.25) is 4.99 Å². The van der Waals surface area contributed by atoms with E-state index in [0.29, 0.717) is 38.7 Å². The number of hydrogen-bond acceptors (Lipinski definition) is 5. The average Bonchev–Trinajstić information content (AvgIpc) is 3.09. The molecular formula is C15H29IN4O4S. The molecule has 0 spiro atoms. The van der Waals surface area contributed by atoms with Gasteiger partial charge in [0.2, 0.25) is 10.0 Å². The summed E-state index contributed by atoms with van der Waals surface area (Å²) < 4.78 is 35.7. The fourth-order valence-electron chi connectivity index (χ4n) is 1.79. The van der Waals surface area contributed by atoms with E-state index in [0.717, 1.165) is 18.7 Å². The van der Waals surface area contributed by atoms with Crippen LogP contribution in [0.3, 0.4) is 0 Å². The van der Waals surface area contributed by atoms with Crippen LogP contribution in [-0.4, -0.2) is 53.4 Å². The maximum atomic E-state index is 11.3. The summed E-state index contributed by atoms with van der Waals surface area (Å²) in [6.45, 7) is 4.52. The van der Waals surface area contributed by atoms with E-state index in [1.165, 1.54) is 0 Å². The van der Waals surface area contributed by atoms with Crippen LogP contribution in [0.5, 0.6) is 0 Å². The van der Waals surface area contributed by atoms with Crippen molar-refractivity contribution >= 4 is 40.0 Å². The highest BCUT2D eigenvalue weighted by Crippen LogP contribution is 2.01. The average molecular weight is 488 g/mol. The molecule has 0 atom stereocenters. The lowest BCUT2D eigenvalue weighted by atomic mass is 10.4. The summed E-state index contributed by atoms with van der Waals surface area (Å²) in [6.07, 6.45) is 3.16. The first-order chi connectivity index (χ1) is 11.6. The Morgan fingerprint density at radius 1 is 1.24 bits per heavy atom.